The largest absolute Gasteiger partial charge is 0.321 e. The van der Waals surface area contributed by atoms with Crippen molar-refractivity contribution in [2.24, 2.45) is 0 Å². The Morgan fingerprint density at radius 3 is 2.52 bits per heavy atom. The molecule has 0 bridgehead atoms. The Kier molecular flexibility index (Phi) is 5.19. The molecular weight excluding hydrogens is 467 g/mol. The van der Waals surface area contributed by atoms with Crippen LogP contribution in [0.5, 0.6) is 0 Å². The number of anilines is 1. The van der Waals surface area contributed by atoms with Crippen LogP contribution in [0.4, 0.5) is 5.69 Å². The van der Waals surface area contributed by atoms with Crippen LogP contribution < -0.4 is 5.32 Å². The molecule has 1 N–H and O–H groups in total. The van der Waals surface area contributed by atoms with E-state index in [1.807, 2.05) is 36.4 Å². The van der Waals surface area contributed by atoms with Gasteiger partial charge in [0, 0.05) is 10.0 Å². The van der Waals surface area contributed by atoms with Gasteiger partial charge in [0.25, 0.3) is 5.91 Å². The maximum Gasteiger partial charge on any atom is 0.256 e. The molecule has 0 fully saturated rings. The lowest BCUT2D eigenvalue weighted by molar-refractivity contribution is 0.102. The van der Waals surface area contributed by atoms with Crippen molar-refractivity contribution in [1.82, 2.24) is 4.98 Å². The maximum absolute atomic E-state index is 12.6. The van der Waals surface area contributed by atoms with Crippen molar-refractivity contribution in [3.63, 3.8) is 0 Å². The minimum Gasteiger partial charge on any atom is -0.321 e. The number of thiazole rings is 1. The summed E-state index contributed by atoms with van der Waals surface area (Å²) in [5, 5.41) is 4.48. The minimum absolute atomic E-state index is 0.262. The van der Waals surface area contributed by atoms with Crippen molar-refractivity contribution in [3.05, 3.63) is 80.7 Å². The first-order valence-corrected chi connectivity index (χ1v) is 10.3. The number of nitrogens with one attached hydrogen (secondary N) is 1. The lowest BCUT2D eigenvalue weighted by Crippen LogP contribution is -2.13. The first kappa shape index (κ1) is 18.4. The van der Waals surface area contributed by atoms with Gasteiger partial charge in [-0.1, -0.05) is 47.5 Å². The summed E-state index contributed by atoms with van der Waals surface area (Å²) in [6.45, 7) is 0. The summed E-state index contributed by atoms with van der Waals surface area (Å²) in [7, 11) is 0. The predicted octanol–water partition coefficient (Wildman–Crippen LogP) is 7.28. The number of para-hydroxylation sites is 1. The van der Waals surface area contributed by atoms with Gasteiger partial charge in [0.1, 0.15) is 5.01 Å². The minimum atomic E-state index is -0.262. The van der Waals surface area contributed by atoms with Gasteiger partial charge in [-0.15, -0.1) is 11.3 Å². The Hall–Kier alpha value is -1.92. The number of nitrogens with zero attached hydrogens (tertiary/aromatic N) is 1. The molecule has 0 atom stereocenters. The van der Waals surface area contributed by atoms with Crippen molar-refractivity contribution >= 4 is 72.3 Å². The van der Waals surface area contributed by atoms with Crippen LogP contribution in [-0.2, 0) is 0 Å². The van der Waals surface area contributed by atoms with E-state index in [-0.39, 0.29) is 5.91 Å². The highest BCUT2D eigenvalue weighted by molar-refractivity contribution is 9.10. The second-order valence-corrected chi connectivity index (χ2v) is 8.43. The van der Waals surface area contributed by atoms with Gasteiger partial charge in [0.15, 0.2) is 0 Å². The second-order valence-electron chi connectivity index (χ2n) is 5.73. The summed E-state index contributed by atoms with van der Waals surface area (Å²) in [4.78, 5) is 17.3. The number of hydrogen-bond acceptors (Lipinski definition) is 3. The highest BCUT2D eigenvalue weighted by Gasteiger charge is 2.16. The van der Waals surface area contributed by atoms with Gasteiger partial charge >= 0.3 is 0 Å². The summed E-state index contributed by atoms with van der Waals surface area (Å²) >= 11 is 17.6. The standard InChI is InChI=1S/C20H11BrCl2N2OS/c21-13-6-2-1-5-11(13)19(26)24-17-9-12(14(22)10-15(17)23)20-25-16-7-3-4-8-18(16)27-20/h1-10H,(H,24,26). The molecule has 4 rings (SSSR count). The van der Waals surface area contributed by atoms with E-state index in [0.717, 1.165) is 20.8 Å². The predicted molar refractivity (Wildman–Crippen MR) is 117 cm³/mol. The Labute approximate surface area is 178 Å². The SMILES string of the molecule is O=C(Nc1cc(-c2nc3ccccc3s2)c(Cl)cc1Cl)c1ccccc1Br. The molecule has 134 valence electrons. The van der Waals surface area contributed by atoms with Crippen molar-refractivity contribution < 1.29 is 4.79 Å². The highest BCUT2D eigenvalue weighted by Crippen LogP contribution is 2.39. The average Bonchev–Trinajstić information content (AvgIpc) is 3.08. The Bertz CT molecular complexity index is 1140. The third kappa shape index (κ3) is 3.73. The fourth-order valence-electron chi connectivity index (χ4n) is 2.63. The van der Waals surface area contributed by atoms with Gasteiger partial charge in [0.2, 0.25) is 0 Å². The van der Waals surface area contributed by atoms with Crippen LogP contribution in [0.3, 0.4) is 0 Å². The highest BCUT2D eigenvalue weighted by atomic mass is 79.9. The fraction of sp³-hybridized carbons (Fsp3) is 0. The number of rotatable bonds is 3. The summed E-state index contributed by atoms with van der Waals surface area (Å²) in [5.41, 5.74) is 2.63. The molecule has 0 aliphatic carbocycles. The van der Waals surface area contributed by atoms with Crippen LogP contribution in [0.1, 0.15) is 10.4 Å². The summed E-state index contributed by atoms with van der Waals surface area (Å²) in [5.74, 6) is -0.262. The number of carbonyl (C=O) groups is 1. The molecule has 0 saturated carbocycles. The van der Waals surface area contributed by atoms with Crippen molar-refractivity contribution in [2.75, 3.05) is 5.32 Å². The molecule has 4 aromatic rings. The number of hydrogen-bond donors (Lipinski definition) is 1. The molecule has 1 amide bonds. The summed E-state index contributed by atoms with van der Waals surface area (Å²) < 4.78 is 1.77. The van der Waals surface area contributed by atoms with Gasteiger partial charge in [-0.3, -0.25) is 4.79 Å². The number of carbonyl (C=O) groups excluding carboxylic acids is 1. The van der Waals surface area contributed by atoms with Crippen molar-refractivity contribution in [2.45, 2.75) is 0 Å². The van der Waals surface area contributed by atoms with Crippen LogP contribution in [0.25, 0.3) is 20.8 Å². The van der Waals surface area contributed by atoms with Crippen molar-refractivity contribution in [3.8, 4) is 10.6 Å². The van der Waals surface area contributed by atoms with Crippen LogP contribution in [-0.4, -0.2) is 10.9 Å². The fourth-order valence-corrected chi connectivity index (χ4v) is 4.67. The molecule has 27 heavy (non-hydrogen) atoms. The molecule has 0 aliphatic heterocycles. The first-order valence-electron chi connectivity index (χ1n) is 7.94. The summed E-state index contributed by atoms with van der Waals surface area (Å²) in [6, 6.07) is 18.5. The molecule has 0 saturated heterocycles. The van der Waals surface area contributed by atoms with E-state index in [4.69, 9.17) is 23.2 Å². The monoisotopic (exact) mass is 476 g/mol. The lowest BCUT2D eigenvalue weighted by atomic mass is 10.1. The quantitative estimate of drug-likeness (QED) is 0.336. The van der Waals surface area contributed by atoms with E-state index in [9.17, 15) is 4.79 Å². The molecule has 0 radical (unpaired) electrons. The maximum atomic E-state index is 12.6. The van der Waals surface area contributed by atoms with E-state index in [0.29, 0.717) is 25.8 Å². The van der Waals surface area contributed by atoms with E-state index >= 15 is 0 Å². The number of amides is 1. The molecule has 3 nitrogen and oxygen atoms in total. The van der Waals surface area contributed by atoms with Crippen LogP contribution in [0.15, 0.2) is 65.1 Å². The Morgan fingerprint density at radius 1 is 1.00 bits per heavy atom. The zero-order valence-electron chi connectivity index (χ0n) is 13.7. The number of fused-ring (bicyclic) bond motifs is 1. The van der Waals surface area contributed by atoms with Gasteiger partial charge in [0.05, 0.1) is 31.5 Å². The molecule has 0 aliphatic rings. The zero-order chi connectivity index (χ0) is 19.0. The number of halogens is 3. The average molecular weight is 478 g/mol. The van der Waals surface area contributed by atoms with E-state index in [1.165, 1.54) is 11.3 Å². The van der Waals surface area contributed by atoms with Gasteiger partial charge in [-0.2, -0.15) is 0 Å². The third-order valence-corrected chi connectivity index (χ3v) is 6.33. The van der Waals surface area contributed by atoms with E-state index in [1.54, 1.807) is 24.3 Å². The van der Waals surface area contributed by atoms with Crippen LogP contribution in [0.2, 0.25) is 10.0 Å². The molecule has 7 heteroatoms. The van der Waals surface area contributed by atoms with Gasteiger partial charge in [-0.25, -0.2) is 4.98 Å². The lowest BCUT2D eigenvalue weighted by Gasteiger charge is -2.11. The smallest absolute Gasteiger partial charge is 0.256 e. The topological polar surface area (TPSA) is 42.0 Å². The normalized spacial score (nSPS) is 10.9. The number of aromatic nitrogens is 1. The molecule has 0 spiro atoms. The molecule has 1 aromatic heterocycles. The zero-order valence-corrected chi connectivity index (χ0v) is 17.6. The molecular formula is C20H11BrCl2N2OS. The van der Waals surface area contributed by atoms with Crippen LogP contribution in [0, 0.1) is 0 Å². The van der Waals surface area contributed by atoms with E-state index < -0.39 is 0 Å². The molecule has 3 aromatic carbocycles. The number of benzene rings is 3. The van der Waals surface area contributed by atoms with Gasteiger partial charge in [-0.05, 0) is 52.3 Å². The van der Waals surface area contributed by atoms with E-state index in [2.05, 4.69) is 26.2 Å². The van der Waals surface area contributed by atoms with Crippen LogP contribution >= 0.6 is 50.5 Å². The first-order chi connectivity index (χ1) is 13.0. The molecule has 1 heterocycles. The summed E-state index contributed by atoms with van der Waals surface area (Å²) in [6.07, 6.45) is 0. The van der Waals surface area contributed by atoms with Crippen molar-refractivity contribution in [1.29, 1.82) is 0 Å². The third-order valence-electron chi connectivity index (χ3n) is 3.95. The Morgan fingerprint density at radius 2 is 1.74 bits per heavy atom. The Balaban J connectivity index is 1.73. The van der Waals surface area contributed by atoms with Gasteiger partial charge < -0.3 is 5.32 Å². The second kappa shape index (κ2) is 7.60. The molecule has 0 unspecified atom stereocenters.